The normalized spacial score (nSPS) is 19.1. The number of aliphatic hydroxyl groups excluding tert-OH is 1. The van der Waals surface area contributed by atoms with Crippen LogP contribution in [0.25, 0.3) is 5.52 Å². The Morgan fingerprint density at radius 1 is 1.58 bits per heavy atom. The lowest BCUT2D eigenvalue weighted by atomic mass is 10.3. The van der Waals surface area contributed by atoms with Crippen LogP contribution in [0.5, 0.6) is 0 Å². The van der Waals surface area contributed by atoms with E-state index in [2.05, 4.69) is 10.4 Å². The minimum absolute atomic E-state index is 0.230. The predicted molar refractivity (Wildman–Crippen MR) is 71.4 cm³/mol. The van der Waals surface area contributed by atoms with Crippen molar-refractivity contribution in [2.24, 2.45) is 0 Å². The highest BCUT2D eigenvalue weighted by molar-refractivity contribution is 6.31. The van der Waals surface area contributed by atoms with Crippen molar-refractivity contribution in [3.8, 4) is 0 Å². The maximum atomic E-state index is 12.0. The largest absolute Gasteiger partial charge is 0.391 e. The third-order valence-corrected chi connectivity index (χ3v) is 3.41. The Hall–Kier alpha value is -1.79. The smallest absolute Gasteiger partial charge is 0.322 e. The minimum atomic E-state index is -0.427. The number of fused-ring (bicyclic) bond motifs is 1. The molecule has 0 aromatic carbocycles. The van der Waals surface area contributed by atoms with Gasteiger partial charge in [-0.05, 0) is 18.6 Å². The molecule has 1 atom stereocenters. The number of pyridine rings is 1. The second-order valence-corrected chi connectivity index (χ2v) is 4.99. The summed E-state index contributed by atoms with van der Waals surface area (Å²) in [5, 5.41) is 16.9. The average Bonchev–Trinajstić information content (AvgIpc) is 2.97. The number of amides is 2. The summed E-state index contributed by atoms with van der Waals surface area (Å²) in [6.45, 7) is 0.929. The van der Waals surface area contributed by atoms with E-state index in [1.54, 1.807) is 33.9 Å². The second kappa shape index (κ2) is 4.71. The number of urea groups is 1. The first-order chi connectivity index (χ1) is 9.13. The van der Waals surface area contributed by atoms with Gasteiger partial charge in [-0.15, -0.1) is 0 Å². The molecule has 0 radical (unpaired) electrons. The average molecular weight is 281 g/mol. The maximum absolute atomic E-state index is 12.0. The van der Waals surface area contributed by atoms with Gasteiger partial charge in [0.05, 0.1) is 23.5 Å². The molecule has 100 valence electrons. The molecular weight excluding hydrogens is 268 g/mol. The Morgan fingerprint density at radius 2 is 2.42 bits per heavy atom. The summed E-state index contributed by atoms with van der Waals surface area (Å²) in [5.74, 6) is 0. The SMILES string of the molecule is O=C(Nc1cnn2ccc(Cl)cc12)N1CCC(O)C1. The number of hydrogen-bond donors (Lipinski definition) is 2. The lowest BCUT2D eigenvalue weighted by Gasteiger charge is -2.15. The first-order valence-electron chi connectivity index (χ1n) is 6.00. The van der Waals surface area contributed by atoms with Crippen molar-refractivity contribution in [3.05, 3.63) is 29.5 Å². The van der Waals surface area contributed by atoms with E-state index in [1.165, 1.54) is 0 Å². The number of rotatable bonds is 1. The van der Waals surface area contributed by atoms with Crippen LogP contribution in [0.3, 0.4) is 0 Å². The van der Waals surface area contributed by atoms with Crippen molar-refractivity contribution in [2.45, 2.75) is 12.5 Å². The predicted octanol–water partition coefficient (Wildman–Crippen LogP) is 1.59. The van der Waals surface area contributed by atoms with E-state index in [0.717, 1.165) is 5.52 Å². The number of aromatic nitrogens is 2. The van der Waals surface area contributed by atoms with Gasteiger partial charge in [-0.2, -0.15) is 5.10 Å². The van der Waals surface area contributed by atoms with Gasteiger partial charge in [-0.25, -0.2) is 9.31 Å². The van der Waals surface area contributed by atoms with Gasteiger partial charge >= 0.3 is 6.03 Å². The molecule has 1 fully saturated rings. The van der Waals surface area contributed by atoms with Crippen LogP contribution in [-0.2, 0) is 0 Å². The van der Waals surface area contributed by atoms with Crippen molar-refractivity contribution in [2.75, 3.05) is 18.4 Å². The number of halogens is 1. The molecular formula is C12H13ClN4O2. The molecule has 19 heavy (non-hydrogen) atoms. The number of β-amino-alcohol motifs (C(OH)–C–C–N with tert-alkyl or cyclic N) is 1. The highest BCUT2D eigenvalue weighted by Gasteiger charge is 2.25. The number of nitrogens with zero attached hydrogens (tertiary/aromatic N) is 3. The Balaban J connectivity index is 1.81. The molecule has 0 spiro atoms. The molecule has 0 saturated carbocycles. The van der Waals surface area contributed by atoms with Gasteiger partial charge in [0.2, 0.25) is 0 Å². The summed E-state index contributed by atoms with van der Waals surface area (Å²) in [6, 6.07) is 3.24. The number of likely N-dealkylation sites (tertiary alicyclic amines) is 1. The lowest BCUT2D eigenvalue weighted by Crippen LogP contribution is -2.33. The van der Waals surface area contributed by atoms with Crippen LogP contribution in [-0.4, -0.2) is 44.8 Å². The molecule has 3 rings (SSSR count). The first kappa shape index (κ1) is 12.3. The zero-order chi connectivity index (χ0) is 13.4. The fourth-order valence-corrected chi connectivity index (χ4v) is 2.33. The monoisotopic (exact) mass is 280 g/mol. The van der Waals surface area contributed by atoms with E-state index in [1.807, 2.05) is 0 Å². The van der Waals surface area contributed by atoms with Gasteiger partial charge < -0.3 is 15.3 Å². The molecule has 1 saturated heterocycles. The summed E-state index contributed by atoms with van der Waals surface area (Å²) in [5.41, 5.74) is 1.34. The fourth-order valence-electron chi connectivity index (χ4n) is 2.17. The van der Waals surface area contributed by atoms with Crippen molar-refractivity contribution in [1.82, 2.24) is 14.5 Å². The van der Waals surface area contributed by atoms with Crippen LogP contribution < -0.4 is 5.32 Å². The molecule has 2 aromatic heterocycles. The quantitative estimate of drug-likeness (QED) is 0.833. The zero-order valence-electron chi connectivity index (χ0n) is 10.1. The summed E-state index contributed by atoms with van der Waals surface area (Å²) in [7, 11) is 0. The minimum Gasteiger partial charge on any atom is -0.391 e. The Morgan fingerprint density at radius 3 is 3.16 bits per heavy atom. The summed E-state index contributed by atoms with van der Waals surface area (Å²) >= 11 is 5.93. The van der Waals surface area contributed by atoms with Gasteiger partial charge in [0.1, 0.15) is 0 Å². The van der Waals surface area contributed by atoms with E-state index in [0.29, 0.717) is 30.2 Å². The highest BCUT2D eigenvalue weighted by atomic mass is 35.5. The fraction of sp³-hybridized carbons (Fsp3) is 0.333. The third kappa shape index (κ3) is 2.36. The maximum Gasteiger partial charge on any atom is 0.322 e. The Bertz CT molecular complexity index is 627. The number of hydrogen-bond acceptors (Lipinski definition) is 3. The number of nitrogens with one attached hydrogen (secondary N) is 1. The highest BCUT2D eigenvalue weighted by Crippen LogP contribution is 2.21. The summed E-state index contributed by atoms with van der Waals surface area (Å²) < 4.78 is 1.64. The van der Waals surface area contributed by atoms with Crippen molar-refractivity contribution < 1.29 is 9.90 Å². The van der Waals surface area contributed by atoms with Gasteiger partial charge in [0.15, 0.2) is 0 Å². The second-order valence-electron chi connectivity index (χ2n) is 4.55. The number of carbonyl (C=O) groups is 1. The van der Waals surface area contributed by atoms with Crippen LogP contribution >= 0.6 is 11.6 Å². The number of carbonyl (C=O) groups excluding carboxylic acids is 1. The van der Waals surface area contributed by atoms with Crippen LogP contribution in [0.1, 0.15) is 6.42 Å². The van der Waals surface area contributed by atoms with Crippen LogP contribution in [0.15, 0.2) is 24.5 Å². The zero-order valence-corrected chi connectivity index (χ0v) is 10.8. The molecule has 1 aliphatic rings. The topological polar surface area (TPSA) is 69.9 Å². The van der Waals surface area contributed by atoms with Gasteiger partial charge in [-0.3, -0.25) is 0 Å². The van der Waals surface area contributed by atoms with E-state index < -0.39 is 6.10 Å². The molecule has 0 aliphatic carbocycles. The summed E-state index contributed by atoms with van der Waals surface area (Å²) in [6.07, 6.45) is 3.50. The van der Waals surface area contributed by atoms with Crippen LogP contribution in [0, 0.1) is 0 Å². The van der Waals surface area contributed by atoms with Crippen molar-refractivity contribution in [1.29, 1.82) is 0 Å². The number of aliphatic hydroxyl groups is 1. The molecule has 3 heterocycles. The first-order valence-corrected chi connectivity index (χ1v) is 6.38. The van der Waals surface area contributed by atoms with Gasteiger partial charge in [-0.1, -0.05) is 11.6 Å². The van der Waals surface area contributed by atoms with E-state index in [-0.39, 0.29) is 6.03 Å². The number of anilines is 1. The molecule has 2 aromatic rings. The lowest BCUT2D eigenvalue weighted by molar-refractivity contribution is 0.176. The van der Waals surface area contributed by atoms with Crippen molar-refractivity contribution in [3.63, 3.8) is 0 Å². The van der Waals surface area contributed by atoms with E-state index in [4.69, 9.17) is 11.6 Å². The Labute approximate surface area is 114 Å². The Kier molecular flexibility index (Phi) is 3.04. The third-order valence-electron chi connectivity index (χ3n) is 3.18. The van der Waals surface area contributed by atoms with Gasteiger partial charge in [0.25, 0.3) is 0 Å². The molecule has 2 amide bonds. The van der Waals surface area contributed by atoms with Gasteiger partial charge in [0, 0.05) is 24.3 Å². The molecule has 1 aliphatic heterocycles. The molecule has 7 heteroatoms. The van der Waals surface area contributed by atoms with Crippen LogP contribution in [0.2, 0.25) is 5.02 Å². The molecule has 2 N–H and O–H groups in total. The summed E-state index contributed by atoms with van der Waals surface area (Å²) in [4.78, 5) is 13.6. The van der Waals surface area contributed by atoms with Crippen LogP contribution in [0.4, 0.5) is 10.5 Å². The standard InChI is InChI=1S/C12H13ClN4O2/c13-8-1-4-17-11(5-8)10(6-14-17)15-12(19)16-3-2-9(18)7-16/h1,4-6,9,18H,2-3,7H2,(H,15,19). The van der Waals surface area contributed by atoms with E-state index in [9.17, 15) is 9.90 Å². The molecule has 0 bridgehead atoms. The van der Waals surface area contributed by atoms with E-state index >= 15 is 0 Å². The van der Waals surface area contributed by atoms with Crippen molar-refractivity contribution >= 4 is 28.8 Å². The molecule has 1 unspecified atom stereocenters. The molecule has 6 nitrogen and oxygen atoms in total.